The molecule has 0 unspecified atom stereocenters. The first-order valence-electron chi connectivity index (χ1n) is 9.39. The number of hydrogen-bond donors (Lipinski definition) is 0. The maximum absolute atomic E-state index is 4.83. The van der Waals surface area contributed by atoms with Crippen LogP contribution in [0.3, 0.4) is 0 Å². The number of piperazine rings is 1. The van der Waals surface area contributed by atoms with Gasteiger partial charge in [-0.15, -0.1) is 11.3 Å². The number of aromatic nitrogens is 5. The van der Waals surface area contributed by atoms with E-state index in [1.165, 1.54) is 23.5 Å². The van der Waals surface area contributed by atoms with E-state index in [0.29, 0.717) is 0 Å². The minimum Gasteiger partial charge on any atom is -0.352 e. The number of aryl methyl sites for hydroxylation is 1. The molecule has 1 saturated carbocycles. The summed E-state index contributed by atoms with van der Waals surface area (Å²) in [5.74, 6) is 1.72. The Hall–Kier alpha value is -2.06. The molecule has 0 aromatic carbocycles. The molecule has 0 atom stereocenters. The Kier molecular flexibility index (Phi) is 4.09. The molecule has 5 rings (SSSR count). The third-order valence-corrected chi connectivity index (χ3v) is 6.33. The smallest absolute Gasteiger partial charge is 0.165 e. The van der Waals surface area contributed by atoms with Crippen molar-refractivity contribution in [3.63, 3.8) is 0 Å². The average molecular weight is 369 g/mol. The van der Waals surface area contributed by atoms with Gasteiger partial charge in [-0.25, -0.2) is 19.9 Å². The molecule has 8 heteroatoms. The highest BCUT2D eigenvalue weighted by Crippen LogP contribution is 2.41. The maximum Gasteiger partial charge on any atom is 0.165 e. The predicted octanol–water partition coefficient (Wildman–Crippen LogP) is 2.50. The van der Waals surface area contributed by atoms with E-state index >= 15 is 0 Å². The van der Waals surface area contributed by atoms with E-state index in [4.69, 9.17) is 4.98 Å². The van der Waals surface area contributed by atoms with Gasteiger partial charge in [0.15, 0.2) is 17.0 Å². The maximum atomic E-state index is 4.83. The Labute approximate surface area is 156 Å². The van der Waals surface area contributed by atoms with E-state index in [1.54, 1.807) is 6.33 Å². The van der Waals surface area contributed by atoms with Gasteiger partial charge in [0.05, 0.1) is 17.0 Å². The topological polar surface area (TPSA) is 63.0 Å². The van der Waals surface area contributed by atoms with Gasteiger partial charge in [0, 0.05) is 50.6 Å². The fourth-order valence-corrected chi connectivity index (χ4v) is 4.57. The summed E-state index contributed by atoms with van der Waals surface area (Å²) in [6.07, 6.45) is 6.17. The minimum atomic E-state index is 0.758. The summed E-state index contributed by atoms with van der Waals surface area (Å²) in [7, 11) is 0. The zero-order valence-corrected chi connectivity index (χ0v) is 15.8. The molecule has 1 aliphatic heterocycles. The molecular formula is C18H23N7S. The van der Waals surface area contributed by atoms with Gasteiger partial charge in [-0.1, -0.05) is 0 Å². The van der Waals surface area contributed by atoms with Crippen LogP contribution in [0.25, 0.3) is 11.2 Å². The lowest BCUT2D eigenvalue weighted by atomic mass is 10.3. The molecule has 3 aromatic rings. The lowest BCUT2D eigenvalue weighted by Gasteiger charge is -2.35. The van der Waals surface area contributed by atoms with E-state index in [0.717, 1.165) is 62.2 Å². The van der Waals surface area contributed by atoms with E-state index < -0.39 is 0 Å². The number of hydrogen-bond acceptors (Lipinski definition) is 7. The van der Waals surface area contributed by atoms with E-state index in [-0.39, 0.29) is 0 Å². The molecule has 0 amide bonds. The molecule has 2 aliphatic rings. The Morgan fingerprint density at radius 2 is 1.96 bits per heavy atom. The zero-order chi connectivity index (χ0) is 17.5. The average Bonchev–Trinajstić information content (AvgIpc) is 3.28. The molecule has 0 radical (unpaired) electrons. The first-order chi connectivity index (χ1) is 12.8. The highest BCUT2D eigenvalue weighted by atomic mass is 32.1. The van der Waals surface area contributed by atoms with Crippen LogP contribution in [0.1, 0.15) is 36.4 Å². The van der Waals surface area contributed by atoms with Crippen molar-refractivity contribution >= 4 is 28.3 Å². The summed E-state index contributed by atoms with van der Waals surface area (Å²) in [5.41, 5.74) is 3.07. The van der Waals surface area contributed by atoms with Crippen LogP contribution in [0.15, 0.2) is 18.0 Å². The Bertz CT molecular complexity index is 905. The first kappa shape index (κ1) is 16.1. The summed E-state index contributed by atoms with van der Waals surface area (Å²) in [6, 6.07) is 0. The third-order valence-electron chi connectivity index (χ3n) is 5.28. The Balaban J connectivity index is 1.26. The predicted molar refractivity (Wildman–Crippen MR) is 103 cm³/mol. The molecule has 7 nitrogen and oxygen atoms in total. The lowest BCUT2D eigenvalue weighted by molar-refractivity contribution is 0.247. The second-order valence-corrected chi connectivity index (χ2v) is 8.00. The van der Waals surface area contributed by atoms with Gasteiger partial charge in [0.2, 0.25) is 0 Å². The highest BCUT2D eigenvalue weighted by Gasteiger charge is 2.27. The molecular weight excluding hydrogens is 346 g/mol. The van der Waals surface area contributed by atoms with Crippen LogP contribution in [0.2, 0.25) is 0 Å². The molecule has 2 fully saturated rings. The number of anilines is 1. The zero-order valence-electron chi connectivity index (χ0n) is 15.0. The summed E-state index contributed by atoms with van der Waals surface area (Å²) in [6.45, 7) is 7.91. The number of thiazole rings is 1. The second-order valence-electron chi connectivity index (χ2n) is 7.11. The second kappa shape index (κ2) is 6.59. The third kappa shape index (κ3) is 2.97. The van der Waals surface area contributed by atoms with Crippen molar-refractivity contribution in [1.29, 1.82) is 0 Å². The molecule has 3 aromatic heterocycles. The van der Waals surface area contributed by atoms with Crippen molar-refractivity contribution in [3.8, 4) is 0 Å². The fourth-order valence-electron chi connectivity index (χ4n) is 3.59. The van der Waals surface area contributed by atoms with Gasteiger partial charge < -0.3 is 9.47 Å². The number of fused-ring (bicyclic) bond motifs is 1. The number of imidazole rings is 1. The van der Waals surface area contributed by atoms with Crippen LogP contribution in [0, 0.1) is 0 Å². The normalized spacial score (nSPS) is 18.7. The number of nitrogens with zero attached hydrogens (tertiary/aromatic N) is 7. The molecule has 0 spiro atoms. The largest absolute Gasteiger partial charge is 0.352 e. The SMILES string of the molecule is CCn1cnc2c(N3CCN(Cc4csc(C5CC5)n4)CC3)ncnc21. The van der Waals surface area contributed by atoms with Gasteiger partial charge in [0.1, 0.15) is 6.33 Å². The first-order valence-corrected chi connectivity index (χ1v) is 10.3. The van der Waals surface area contributed by atoms with Gasteiger partial charge in [0.25, 0.3) is 0 Å². The monoisotopic (exact) mass is 369 g/mol. The standard InChI is InChI=1S/C18H23N7S/c1-2-24-12-21-15-16(24)19-11-20-17(15)25-7-5-23(6-8-25)9-14-10-26-18(22-14)13-3-4-13/h10-13H,2-9H2,1H3. The summed E-state index contributed by atoms with van der Waals surface area (Å²) >= 11 is 1.84. The molecule has 1 aliphatic carbocycles. The van der Waals surface area contributed by atoms with Gasteiger partial charge >= 0.3 is 0 Å². The van der Waals surface area contributed by atoms with Crippen molar-refractivity contribution in [1.82, 2.24) is 29.4 Å². The van der Waals surface area contributed by atoms with Crippen molar-refractivity contribution < 1.29 is 0 Å². The molecule has 1 saturated heterocycles. The number of rotatable bonds is 5. The summed E-state index contributed by atoms with van der Waals surface area (Å²) in [4.78, 5) is 23.1. The van der Waals surface area contributed by atoms with Crippen LogP contribution in [-0.2, 0) is 13.1 Å². The fraction of sp³-hybridized carbons (Fsp3) is 0.556. The Morgan fingerprint density at radius 1 is 1.12 bits per heavy atom. The minimum absolute atomic E-state index is 0.758. The van der Waals surface area contributed by atoms with Crippen LogP contribution in [-0.4, -0.2) is 55.6 Å². The van der Waals surface area contributed by atoms with Gasteiger partial charge in [-0.3, -0.25) is 4.90 Å². The van der Waals surface area contributed by atoms with E-state index in [1.807, 2.05) is 17.7 Å². The highest BCUT2D eigenvalue weighted by molar-refractivity contribution is 7.09. The van der Waals surface area contributed by atoms with Gasteiger partial charge in [-0.2, -0.15) is 0 Å². The van der Waals surface area contributed by atoms with Crippen molar-refractivity contribution in [2.24, 2.45) is 0 Å². The molecule has 0 N–H and O–H groups in total. The summed E-state index contributed by atoms with van der Waals surface area (Å²) in [5, 5.41) is 3.58. The van der Waals surface area contributed by atoms with Crippen LogP contribution in [0.4, 0.5) is 5.82 Å². The molecule has 26 heavy (non-hydrogen) atoms. The van der Waals surface area contributed by atoms with E-state index in [9.17, 15) is 0 Å². The summed E-state index contributed by atoms with van der Waals surface area (Å²) < 4.78 is 2.07. The molecule has 0 bridgehead atoms. The molecule has 4 heterocycles. The van der Waals surface area contributed by atoms with Crippen molar-refractivity contribution in [2.45, 2.75) is 38.8 Å². The van der Waals surface area contributed by atoms with Crippen LogP contribution >= 0.6 is 11.3 Å². The van der Waals surface area contributed by atoms with Crippen LogP contribution in [0.5, 0.6) is 0 Å². The Morgan fingerprint density at radius 3 is 2.73 bits per heavy atom. The van der Waals surface area contributed by atoms with Gasteiger partial charge in [-0.05, 0) is 19.8 Å². The van der Waals surface area contributed by atoms with Crippen molar-refractivity contribution in [2.75, 3.05) is 31.1 Å². The van der Waals surface area contributed by atoms with Crippen LogP contribution < -0.4 is 4.90 Å². The molecule has 136 valence electrons. The lowest BCUT2D eigenvalue weighted by Crippen LogP contribution is -2.46. The van der Waals surface area contributed by atoms with Crippen molar-refractivity contribution in [3.05, 3.63) is 28.7 Å². The van der Waals surface area contributed by atoms with E-state index in [2.05, 4.69) is 41.6 Å². The quantitative estimate of drug-likeness (QED) is 0.689.